The van der Waals surface area contributed by atoms with E-state index in [4.69, 9.17) is 10.5 Å². The van der Waals surface area contributed by atoms with Crippen molar-refractivity contribution >= 4 is 17.2 Å². The Morgan fingerprint density at radius 2 is 2.26 bits per heavy atom. The Hall–Kier alpha value is -0.980. The molecule has 0 spiro atoms. The second-order valence-electron chi connectivity index (χ2n) is 4.68. The molecular weight excluding hydrogens is 262 g/mol. The molecule has 3 atom stereocenters. The SMILES string of the molecule is CCC(C)C(N)C(=O)NCc1csc(C(C)OC)n1. The summed E-state index contributed by atoms with van der Waals surface area (Å²) in [7, 11) is 1.65. The van der Waals surface area contributed by atoms with E-state index < -0.39 is 6.04 Å². The summed E-state index contributed by atoms with van der Waals surface area (Å²) in [5.74, 6) is 0.0585. The fourth-order valence-electron chi connectivity index (χ4n) is 1.50. The van der Waals surface area contributed by atoms with Crippen LogP contribution in [0, 0.1) is 5.92 Å². The molecule has 1 rings (SSSR count). The van der Waals surface area contributed by atoms with Crippen LogP contribution in [-0.2, 0) is 16.1 Å². The van der Waals surface area contributed by atoms with Crippen LogP contribution in [0.4, 0.5) is 0 Å². The standard InChI is InChI=1S/C13H23N3O2S/c1-5-8(2)11(14)12(17)15-6-10-7-19-13(16-10)9(3)18-4/h7-9,11H,5-6,14H2,1-4H3,(H,15,17). The topological polar surface area (TPSA) is 77.2 Å². The van der Waals surface area contributed by atoms with Crippen molar-refractivity contribution in [1.82, 2.24) is 10.3 Å². The van der Waals surface area contributed by atoms with Crippen molar-refractivity contribution in [3.8, 4) is 0 Å². The van der Waals surface area contributed by atoms with Gasteiger partial charge in [-0.2, -0.15) is 0 Å². The van der Waals surface area contributed by atoms with Crippen LogP contribution in [0.15, 0.2) is 5.38 Å². The first-order chi connectivity index (χ1) is 8.99. The van der Waals surface area contributed by atoms with Gasteiger partial charge in [0.1, 0.15) is 11.1 Å². The Morgan fingerprint density at radius 1 is 1.58 bits per heavy atom. The highest BCUT2D eigenvalue weighted by Crippen LogP contribution is 2.20. The van der Waals surface area contributed by atoms with E-state index in [0.29, 0.717) is 6.54 Å². The first-order valence-electron chi connectivity index (χ1n) is 6.49. The van der Waals surface area contributed by atoms with Crippen molar-refractivity contribution in [2.24, 2.45) is 11.7 Å². The van der Waals surface area contributed by atoms with Gasteiger partial charge >= 0.3 is 0 Å². The molecule has 0 aliphatic rings. The average Bonchev–Trinajstić information content (AvgIpc) is 2.90. The second kappa shape index (κ2) is 7.57. The molecule has 0 aromatic carbocycles. The lowest BCUT2D eigenvalue weighted by Crippen LogP contribution is -2.44. The highest BCUT2D eigenvalue weighted by Gasteiger charge is 2.19. The van der Waals surface area contributed by atoms with Crippen LogP contribution < -0.4 is 11.1 Å². The van der Waals surface area contributed by atoms with Crippen molar-refractivity contribution < 1.29 is 9.53 Å². The third-order valence-corrected chi connectivity index (χ3v) is 4.33. The largest absolute Gasteiger partial charge is 0.375 e. The molecule has 1 heterocycles. The maximum atomic E-state index is 11.8. The number of ether oxygens (including phenoxy) is 1. The zero-order chi connectivity index (χ0) is 14.4. The van der Waals surface area contributed by atoms with E-state index in [9.17, 15) is 4.79 Å². The zero-order valence-corrected chi connectivity index (χ0v) is 12.8. The minimum absolute atomic E-state index is 0.0168. The van der Waals surface area contributed by atoms with Crippen LogP contribution in [-0.4, -0.2) is 24.0 Å². The monoisotopic (exact) mass is 285 g/mol. The Balaban J connectivity index is 2.48. The van der Waals surface area contributed by atoms with Gasteiger partial charge in [-0.15, -0.1) is 11.3 Å². The van der Waals surface area contributed by atoms with Gasteiger partial charge in [0.2, 0.25) is 5.91 Å². The number of methoxy groups -OCH3 is 1. The molecule has 0 aliphatic carbocycles. The molecule has 3 unspecified atom stereocenters. The number of amides is 1. The maximum absolute atomic E-state index is 11.8. The second-order valence-corrected chi connectivity index (χ2v) is 5.57. The smallest absolute Gasteiger partial charge is 0.237 e. The highest BCUT2D eigenvalue weighted by atomic mass is 32.1. The van der Waals surface area contributed by atoms with E-state index in [1.807, 2.05) is 26.2 Å². The molecule has 0 fully saturated rings. The Labute approximate surface area is 118 Å². The average molecular weight is 285 g/mol. The van der Waals surface area contributed by atoms with Crippen molar-refractivity contribution in [3.05, 3.63) is 16.1 Å². The molecule has 0 aliphatic heterocycles. The Bertz CT molecular complexity index is 408. The summed E-state index contributed by atoms with van der Waals surface area (Å²) >= 11 is 1.53. The number of aromatic nitrogens is 1. The van der Waals surface area contributed by atoms with E-state index in [1.54, 1.807) is 7.11 Å². The van der Waals surface area contributed by atoms with Gasteiger partial charge in [-0.1, -0.05) is 20.3 Å². The van der Waals surface area contributed by atoms with Crippen LogP contribution in [0.3, 0.4) is 0 Å². The molecular formula is C13H23N3O2S. The molecule has 3 N–H and O–H groups in total. The Morgan fingerprint density at radius 3 is 2.84 bits per heavy atom. The lowest BCUT2D eigenvalue weighted by molar-refractivity contribution is -0.123. The molecule has 19 heavy (non-hydrogen) atoms. The molecule has 0 bridgehead atoms. The van der Waals surface area contributed by atoms with Gasteiger partial charge in [0, 0.05) is 12.5 Å². The number of carbonyl (C=O) groups is 1. The number of nitrogens with one attached hydrogen (secondary N) is 1. The van der Waals surface area contributed by atoms with Gasteiger partial charge in [-0.3, -0.25) is 4.79 Å². The van der Waals surface area contributed by atoms with E-state index >= 15 is 0 Å². The quantitative estimate of drug-likeness (QED) is 0.801. The lowest BCUT2D eigenvalue weighted by atomic mass is 9.99. The number of thiazole rings is 1. The molecule has 0 saturated carbocycles. The predicted octanol–water partition coefficient (Wildman–Crippen LogP) is 1.84. The molecule has 1 aromatic rings. The molecule has 108 valence electrons. The summed E-state index contributed by atoms with van der Waals surface area (Å²) in [4.78, 5) is 16.2. The summed E-state index contributed by atoms with van der Waals surface area (Å²) in [6.07, 6.45) is 0.873. The van der Waals surface area contributed by atoms with E-state index in [2.05, 4.69) is 10.3 Å². The fraction of sp³-hybridized carbons (Fsp3) is 0.692. The van der Waals surface area contributed by atoms with Gasteiger partial charge in [-0.05, 0) is 12.8 Å². The van der Waals surface area contributed by atoms with E-state index in [1.165, 1.54) is 11.3 Å². The zero-order valence-electron chi connectivity index (χ0n) is 12.0. The van der Waals surface area contributed by atoms with Gasteiger partial charge in [0.05, 0.1) is 18.3 Å². The van der Waals surface area contributed by atoms with Gasteiger partial charge < -0.3 is 15.8 Å². The number of nitrogens with two attached hydrogens (primary N) is 1. The van der Waals surface area contributed by atoms with Crippen LogP contribution in [0.25, 0.3) is 0 Å². The lowest BCUT2D eigenvalue weighted by Gasteiger charge is -2.17. The van der Waals surface area contributed by atoms with Crippen LogP contribution in [0.1, 0.15) is 44.0 Å². The number of nitrogens with zero attached hydrogens (tertiary/aromatic N) is 1. The van der Waals surface area contributed by atoms with Crippen molar-refractivity contribution in [2.75, 3.05) is 7.11 Å². The fourth-order valence-corrected chi connectivity index (χ4v) is 2.35. The summed E-state index contributed by atoms with van der Waals surface area (Å²) in [6, 6.07) is -0.457. The predicted molar refractivity (Wildman–Crippen MR) is 76.8 cm³/mol. The van der Waals surface area contributed by atoms with Gasteiger partial charge in [0.25, 0.3) is 0 Å². The normalized spacial score (nSPS) is 15.8. The summed E-state index contributed by atoms with van der Waals surface area (Å²) < 4.78 is 5.20. The maximum Gasteiger partial charge on any atom is 0.237 e. The summed E-state index contributed by atoms with van der Waals surface area (Å²) in [5, 5.41) is 5.67. The minimum Gasteiger partial charge on any atom is -0.375 e. The van der Waals surface area contributed by atoms with Crippen molar-refractivity contribution in [2.45, 2.75) is 45.9 Å². The van der Waals surface area contributed by atoms with E-state index in [-0.39, 0.29) is 17.9 Å². The number of hydrogen-bond donors (Lipinski definition) is 2. The third kappa shape index (κ3) is 4.56. The van der Waals surface area contributed by atoms with Crippen LogP contribution >= 0.6 is 11.3 Å². The van der Waals surface area contributed by atoms with Gasteiger partial charge in [-0.25, -0.2) is 4.98 Å². The first-order valence-corrected chi connectivity index (χ1v) is 7.37. The molecule has 6 heteroatoms. The summed E-state index contributed by atoms with van der Waals surface area (Å²) in [6.45, 7) is 6.36. The van der Waals surface area contributed by atoms with E-state index in [0.717, 1.165) is 17.1 Å². The summed E-state index contributed by atoms with van der Waals surface area (Å²) in [5.41, 5.74) is 6.70. The highest BCUT2D eigenvalue weighted by molar-refractivity contribution is 7.09. The first kappa shape index (κ1) is 16.1. The minimum atomic E-state index is -0.457. The molecule has 1 aromatic heterocycles. The Kier molecular flexibility index (Phi) is 6.41. The van der Waals surface area contributed by atoms with Crippen LogP contribution in [0.5, 0.6) is 0 Å². The number of rotatable bonds is 7. The molecule has 0 saturated heterocycles. The van der Waals surface area contributed by atoms with Gasteiger partial charge in [0.15, 0.2) is 0 Å². The van der Waals surface area contributed by atoms with Crippen molar-refractivity contribution in [1.29, 1.82) is 0 Å². The van der Waals surface area contributed by atoms with Crippen LogP contribution in [0.2, 0.25) is 0 Å². The molecule has 5 nitrogen and oxygen atoms in total. The molecule has 0 radical (unpaired) electrons. The van der Waals surface area contributed by atoms with Crippen molar-refractivity contribution in [3.63, 3.8) is 0 Å². The molecule has 1 amide bonds. The third-order valence-electron chi connectivity index (χ3n) is 3.27. The number of hydrogen-bond acceptors (Lipinski definition) is 5. The number of carbonyl (C=O) groups excluding carboxylic acids is 1.